The molecule has 2 rings (SSSR count). The first-order valence-corrected chi connectivity index (χ1v) is 6.79. The van der Waals surface area contributed by atoms with Gasteiger partial charge in [0, 0.05) is 19.3 Å². The number of nitrogens with two attached hydrogens (primary N) is 1. The molecule has 2 N–H and O–H groups in total. The predicted molar refractivity (Wildman–Crippen MR) is 79.1 cm³/mol. The summed E-state index contributed by atoms with van der Waals surface area (Å²) in [5, 5.41) is 8.89. The van der Waals surface area contributed by atoms with Gasteiger partial charge in [0.05, 0.1) is 11.3 Å². The number of piperidine rings is 1. The molecule has 0 aliphatic carbocycles. The molecule has 1 aromatic rings. The summed E-state index contributed by atoms with van der Waals surface area (Å²) in [7, 11) is 4.28. The van der Waals surface area contributed by atoms with Gasteiger partial charge in [-0.1, -0.05) is 0 Å². The number of hydrogen-bond donors (Lipinski definition) is 1. The van der Waals surface area contributed by atoms with E-state index in [0.29, 0.717) is 11.3 Å². The predicted octanol–water partition coefficient (Wildman–Crippen LogP) is 1.92. The van der Waals surface area contributed by atoms with Crippen molar-refractivity contribution in [1.29, 1.82) is 5.26 Å². The first-order valence-electron chi connectivity index (χ1n) is 6.79. The molecule has 1 aliphatic heterocycles. The molecule has 0 bridgehead atoms. The van der Waals surface area contributed by atoms with Crippen LogP contribution in [0.3, 0.4) is 0 Å². The third kappa shape index (κ3) is 3.39. The van der Waals surface area contributed by atoms with Crippen LogP contribution in [-0.4, -0.2) is 38.6 Å². The fraction of sp³-hybridized carbons (Fsp3) is 0.533. The number of benzene rings is 1. The van der Waals surface area contributed by atoms with Gasteiger partial charge in [0.1, 0.15) is 6.07 Å². The standard InChI is InChI=1S/C15H22N4/c1-18-7-5-12(6-8-18)11-19(2)14-4-3-13(10-16)15(17)9-14/h3-4,9,12H,5-8,11,17H2,1-2H3. The van der Waals surface area contributed by atoms with Crippen molar-refractivity contribution in [2.75, 3.05) is 44.4 Å². The second-order valence-electron chi connectivity index (χ2n) is 5.51. The quantitative estimate of drug-likeness (QED) is 0.842. The fourth-order valence-corrected chi connectivity index (χ4v) is 2.63. The van der Waals surface area contributed by atoms with Gasteiger partial charge in [-0.05, 0) is 57.1 Å². The zero-order valence-electron chi connectivity index (χ0n) is 11.8. The zero-order valence-corrected chi connectivity index (χ0v) is 11.8. The van der Waals surface area contributed by atoms with E-state index in [2.05, 4.69) is 30.0 Å². The molecule has 1 aliphatic rings. The lowest BCUT2D eigenvalue weighted by Gasteiger charge is -2.32. The van der Waals surface area contributed by atoms with Gasteiger partial charge in [-0.2, -0.15) is 5.26 Å². The molecule has 0 saturated carbocycles. The lowest BCUT2D eigenvalue weighted by molar-refractivity contribution is 0.222. The first kappa shape index (κ1) is 13.7. The van der Waals surface area contributed by atoms with Crippen molar-refractivity contribution in [3.8, 4) is 6.07 Å². The highest BCUT2D eigenvalue weighted by Crippen LogP contribution is 2.23. The Bertz CT molecular complexity index is 470. The van der Waals surface area contributed by atoms with E-state index in [1.54, 1.807) is 6.07 Å². The molecule has 0 radical (unpaired) electrons. The Morgan fingerprint density at radius 3 is 2.68 bits per heavy atom. The van der Waals surface area contributed by atoms with Crippen molar-refractivity contribution in [1.82, 2.24) is 4.90 Å². The Morgan fingerprint density at radius 2 is 2.11 bits per heavy atom. The first-order chi connectivity index (χ1) is 9.10. The Balaban J connectivity index is 1.98. The van der Waals surface area contributed by atoms with Crippen molar-refractivity contribution in [2.45, 2.75) is 12.8 Å². The summed E-state index contributed by atoms with van der Waals surface area (Å²) >= 11 is 0. The highest BCUT2D eigenvalue weighted by atomic mass is 15.1. The van der Waals surface area contributed by atoms with Crippen LogP contribution in [0, 0.1) is 17.2 Å². The molecule has 0 spiro atoms. The summed E-state index contributed by atoms with van der Waals surface area (Å²) in [4.78, 5) is 4.63. The molecule has 0 amide bonds. The molecule has 19 heavy (non-hydrogen) atoms. The molecule has 1 aromatic carbocycles. The molecule has 0 atom stereocenters. The van der Waals surface area contributed by atoms with Crippen LogP contribution in [-0.2, 0) is 0 Å². The SMILES string of the molecule is CN1CCC(CN(C)c2ccc(C#N)c(N)c2)CC1. The third-order valence-corrected chi connectivity index (χ3v) is 3.97. The lowest BCUT2D eigenvalue weighted by Crippen LogP contribution is -2.35. The Hall–Kier alpha value is -1.73. The maximum absolute atomic E-state index is 8.89. The molecule has 0 aromatic heterocycles. The van der Waals surface area contributed by atoms with E-state index in [4.69, 9.17) is 11.0 Å². The summed E-state index contributed by atoms with van der Waals surface area (Å²) in [6.45, 7) is 3.43. The number of hydrogen-bond acceptors (Lipinski definition) is 4. The number of anilines is 2. The van der Waals surface area contributed by atoms with Crippen LogP contribution in [0.2, 0.25) is 0 Å². The Morgan fingerprint density at radius 1 is 1.42 bits per heavy atom. The number of nitriles is 1. The number of likely N-dealkylation sites (tertiary alicyclic amines) is 1. The van der Waals surface area contributed by atoms with Gasteiger partial charge in [-0.15, -0.1) is 0 Å². The molecular weight excluding hydrogens is 236 g/mol. The maximum Gasteiger partial charge on any atom is 0.101 e. The molecule has 1 saturated heterocycles. The van der Waals surface area contributed by atoms with Gasteiger partial charge in [-0.3, -0.25) is 0 Å². The molecule has 1 heterocycles. The maximum atomic E-state index is 8.89. The van der Waals surface area contributed by atoms with E-state index in [0.717, 1.165) is 18.2 Å². The highest BCUT2D eigenvalue weighted by Gasteiger charge is 2.18. The van der Waals surface area contributed by atoms with Gasteiger partial charge >= 0.3 is 0 Å². The normalized spacial score (nSPS) is 17.1. The minimum Gasteiger partial charge on any atom is -0.398 e. The number of rotatable bonds is 3. The van der Waals surface area contributed by atoms with Crippen LogP contribution in [0.5, 0.6) is 0 Å². The van der Waals surface area contributed by atoms with E-state index >= 15 is 0 Å². The summed E-state index contributed by atoms with van der Waals surface area (Å²) in [6.07, 6.45) is 2.51. The average Bonchev–Trinajstić information content (AvgIpc) is 2.41. The molecule has 4 heteroatoms. The smallest absolute Gasteiger partial charge is 0.101 e. The fourth-order valence-electron chi connectivity index (χ4n) is 2.63. The van der Waals surface area contributed by atoms with Crippen LogP contribution in [0.1, 0.15) is 18.4 Å². The van der Waals surface area contributed by atoms with Crippen molar-refractivity contribution in [3.05, 3.63) is 23.8 Å². The van der Waals surface area contributed by atoms with Gasteiger partial charge in [0.15, 0.2) is 0 Å². The minimum absolute atomic E-state index is 0.552. The molecular formula is C15H22N4. The van der Waals surface area contributed by atoms with Crippen molar-refractivity contribution in [3.63, 3.8) is 0 Å². The topological polar surface area (TPSA) is 56.3 Å². The second-order valence-corrected chi connectivity index (χ2v) is 5.51. The Kier molecular flexibility index (Phi) is 4.28. The highest BCUT2D eigenvalue weighted by molar-refractivity contribution is 5.63. The number of nitrogens with zero attached hydrogens (tertiary/aromatic N) is 3. The average molecular weight is 258 g/mol. The van der Waals surface area contributed by atoms with Crippen LogP contribution >= 0.6 is 0 Å². The monoisotopic (exact) mass is 258 g/mol. The minimum atomic E-state index is 0.552. The van der Waals surface area contributed by atoms with Gasteiger partial charge in [-0.25, -0.2) is 0 Å². The van der Waals surface area contributed by atoms with E-state index in [-0.39, 0.29) is 0 Å². The number of nitrogen functional groups attached to an aromatic ring is 1. The van der Waals surface area contributed by atoms with Crippen molar-refractivity contribution >= 4 is 11.4 Å². The molecule has 4 nitrogen and oxygen atoms in total. The van der Waals surface area contributed by atoms with Crippen molar-refractivity contribution < 1.29 is 0 Å². The van der Waals surface area contributed by atoms with Gasteiger partial charge < -0.3 is 15.5 Å². The molecule has 1 fully saturated rings. The largest absolute Gasteiger partial charge is 0.398 e. The summed E-state index contributed by atoms with van der Waals surface area (Å²) in [6, 6.07) is 7.77. The molecule has 0 unspecified atom stereocenters. The third-order valence-electron chi connectivity index (χ3n) is 3.97. The summed E-state index contributed by atoms with van der Waals surface area (Å²) < 4.78 is 0. The lowest BCUT2D eigenvalue weighted by atomic mass is 9.96. The van der Waals surface area contributed by atoms with Gasteiger partial charge in [0.2, 0.25) is 0 Å². The van der Waals surface area contributed by atoms with Crippen LogP contribution in [0.4, 0.5) is 11.4 Å². The van der Waals surface area contributed by atoms with E-state index in [1.165, 1.54) is 25.9 Å². The summed E-state index contributed by atoms with van der Waals surface area (Å²) in [5.41, 5.74) is 8.08. The Labute approximate surface area is 115 Å². The van der Waals surface area contributed by atoms with Crippen molar-refractivity contribution in [2.24, 2.45) is 5.92 Å². The van der Waals surface area contributed by atoms with Crippen LogP contribution in [0.15, 0.2) is 18.2 Å². The van der Waals surface area contributed by atoms with Crippen LogP contribution < -0.4 is 10.6 Å². The van der Waals surface area contributed by atoms with E-state index in [1.807, 2.05) is 12.1 Å². The summed E-state index contributed by atoms with van der Waals surface area (Å²) in [5.74, 6) is 0.748. The zero-order chi connectivity index (χ0) is 13.8. The second kappa shape index (κ2) is 5.94. The van der Waals surface area contributed by atoms with Crippen LogP contribution in [0.25, 0.3) is 0 Å². The van der Waals surface area contributed by atoms with E-state index in [9.17, 15) is 0 Å². The molecule has 102 valence electrons. The van der Waals surface area contributed by atoms with E-state index < -0.39 is 0 Å². The van der Waals surface area contributed by atoms with Gasteiger partial charge in [0.25, 0.3) is 0 Å².